The summed E-state index contributed by atoms with van der Waals surface area (Å²) >= 11 is 0. The molecule has 0 spiro atoms. The van der Waals surface area contributed by atoms with E-state index in [1.54, 1.807) is 27.7 Å². The van der Waals surface area contributed by atoms with Crippen LogP contribution in [0.25, 0.3) is 0 Å². The summed E-state index contributed by atoms with van der Waals surface area (Å²) in [4.78, 5) is 21.1. The van der Waals surface area contributed by atoms with E-state index in [2.05, 4.69) is 13.8 Å². The van der Waals surface area contributed by atoms with E-state index in [9.17, 15) is 19.8 Å². The van der Waals surface area contributed by atoms with Crippen LogP contribution in [0.3, 0.4) is 0 Å². The van der Waals surface area contributed by atoms with Crippen molar-refractivity contribution in [2.24, 2.45) is 10.8 Å². The summed E-state index contributed by atoms with van der Waals surface area (Å²) in [6.45, 7) is 11.2. The molecule has 0 fully saturated rings. The first-order valence-electron chi connectivity index (χ1n) is 9.44. The maximum absolute atomic E-state index is 10.6. The first-order chi connectivity index (χ1) is 11.0. The topological polar surface area (TPSA) is 80.3 Å². The summed E-state index contributed by atoms with van der Waals surface area (Å²) in [5, 5.41) is 21.1. The summed E-state index contributed by atoms with van der Waals surface area (Å²) in [6, 6.07) is 0. The fraction of sp³-hybridized carbons (Fsp3) is 0.900. The van der Waals surface area contributed by atoms with Crippen LogP contribution >= 0.6 is 0 Å². The Morgan fingerprint density at radius 3 is 1.12 bits per heavy atom. The first kappa shape index (κ1) is 29.6. The summed E-state index contributed by atoms with van der Waals surface area (Å²) in [6.07, 6.45) is 10.5. The van der Waals surface area contributed by atoms with Gasteiger partial charge in [0, 0.05) is 22.8 Å². The normalized spacial score (nSPS) is 11.1. The Morgan fingerprint density at radius 1 is 0.640 bits per heavy atom. The zero-order valence-corrected chi connectivity index (χ0v) is 21.1. The Labute approximate surface area is 175 Å². The molecular weight excluding hydrogens is 511 g/mol. The molecule has 0 aliphatic rings. The molecule has 5 heteroatoms. The van der Waals surface area contributed by atoms with E-state index >= 15 is 0 Å². The maximum Gasteiger partial charge on any atom is 2.00 e. The van der Waals surface area contributed by atoms with Crippen LogP contribution in [0.4, 0.5) is 0 Å². The van der Waals surface area contributed by atoms with Crippen LogP contribution in [0.2, 0.25) is 0 Å². The van der Waals surface area contributed by atoms with Gasteiger partial charge >= 0.3 is 27.3 Å². The Morgan fingerprint density at radius 2 is 0.920 bits per heavy atom. The number of carbonyl (C=O) groups is 2. The fourth-order valence-corrected chi connectivity index (χ4v) is 2.19. The minimum Gasteiger partial charge on any atom is -0.550 e. The molecule has 0 saturated heterocycles. The van der Waals surface area contributed by atoms with Crippen LogP contribution in [0.15, 0.2) is 0 Å². The van der Waals surface area contributed by atoms with Gasteiger partial charge in [-0.05, 0) is 12.8 Å². The maximum atomic E-state index is 10.6. The summed E-state index contributed by atoms with van der Waals surface area (Å²) in [5.41, 5.74) is -1.29. The van der Waals surface area contributed by atoms with Gasteiger partial charge in [0.25, 0.3) is 0 Å². The molecule has 0 saturated carbocycles. The molecule has 0 heterocycles. The molecule has 146 valence electrons. The molecule has 0 amide bonds. The van der Waals surface area contributed by atoms with Gasteiger partial charge in [0.15, 0.2) is 0 Å². The van der Waals surface area contributed by atoms with Gasteiger partial charge in [0.05, 0.1) is 0 Å². The number of hydrogen-bond donors (Lipinski definition) is 0. The monoisotopic (exact) mass is 550 g/mol. The second-order valence-electron chi connectivity index (χ2n) is 7.96. The average Bonchev–Trinajstić information content (AvgIpc) is 2.48. The molecule has 0 unspecified atom stereocenters. The van der Waals surface area contributed by atoms with E-state index in [1.165, 1.54) is 25.7 Å². The quantitative estimate of drug-likeness (QED) is 0.277. The smallest absolute Gasteiger partial charge is 0.550 e. The Hall–Kier alpha value is -0.138. The number of hydrogen-bond acceptors (Lipinski definition) is 4. The number of carboxylic acid groups (broad SMARTS) is 2. The first-order valence-corrected chi connectivity index (χ1v) is 9.44. The Bertz CT molecular complexity index is 318. The minimum atomic E-state index is -0.931. The molecule has 0 N–H and O–H groups in total. The van der Waals surface area contributed by atoms with Gasteiger partial charge in [-0.3, -0.25) is 0 Å². The third-order valence-electron chi connectivity index (χ3n) is 4.42. The van der Waals surface area contributed by atoms with E-state index in [4.69, 9.17) is 0 Å². The average molecular weight is 550 g/mol. The summed E-state index contributed by atoms with van der Waals surface area (Å²) < 4.78 is 0. The third kappa shape index (κ3) is 17.1. The second kappa shape index (κ2) is 16.1. The number of carbonyl (C=O) groups excluding carboxylic acids is 2. The predicted octanol–water partition coefficient (Wildman–Crippen LogP) is 3.09. The molecule has 0 aromatic heterocycles. The van der Waals surface area contributed by atoms with Gasteiger partial charge in [-0.2, -0.15) is 0 Å². The van der Waals surface area contributed by atoms with E-state index in [-0.39, 0.29) is 27.3 Å². The molecule has 25 heavy (non-hydrogen) atoms. The van der Waals surface area contributed by atoms with Crippen molar-refractivity contribution < 1.29 is 19.8 Å². The number of rotatable bonds is 12. The van der Waals surface area contributed by atoms with Crippen molar-refractivity contribution in [3.8, 4) is 0 Å². The predicted molar refractivity (Wildman–Crippen MR) is 101 cm³/mol. The van der Waals surface area contributed by atoms with Crippen LogP contribution in [0.5, 0.6) is 0 Å². The van der Waals surface area contributed by atoms with Crippen molar-refractivity contribution in [1.29, 1.82) is 0 Å². The summed E-state index contributed by atoms with van der Waals surface area (Å²) in [5.74, 6) is -1.86. The van der Waals surface area contributed by atoms with Gasteiger partial charge in [-0.1, -0.05) is 92.9 Å². The van der Waals surface area contributed by atoms with Gasteiger partial charge in [0.2, 0.25) is 0 Å². The molecule has 0 aromatic carbocycles. The standard InChI is InChI=1S/2C10H20O2.Pb/c2*1-4-5-6-7-8-10(2,3)9(11)12;/h2*4-8H2,1-3H3,(H,11,12);/q;;+2/p-2. The van der Waals surface area contributed by atoms with Crippen LogP contribution in [-0.4, -0.2) is 39.2 Å². The van der Waals surface area contributed by atoms with Gasteiger partial charge in [-0.25, -0.2) is 0 Å². The van der Waals surface area contributed by atoms with Crippen molar-refractivity contribution in [2.45, 2.75) is 106 Å². The van der Waals surface area contributed by atoms with Crippen LogP contribution < -0.4 is 10.2 Å². The van der Waals surface area contributed by atoms with Crippen molar-refractivity contribution in [2.75, 3.05) is 0 Å². The Balaban J connectivity index is -0.000000372. The van der Waals surface area contributed by atoms with E-state index in [0.717, 1.165) is 38.5 Å². The van der Waals surface area contributed by atoms with E-state index in [0.29, 0.717) is 0 Å². The van der Waals surface area contributed by atoms with Crippen LogP contribution in [0.1, 0.15) is 106 Å². The SMILES string of the molecule is CCCCCCC(C)(C)C(=O)[O-].CCCCCCC(C)(C)C(=O)[O-].[Pb+2]. The number of aliphatic carboxylic acids is 2. The van der Waals surface area contributed by atoms with Crippen molar-refractivity contribution in [3.05, 3.63) is 0 Å². The molecule has 0 bridgehead atoms. The molecule has 4 nitrogen and oxygen atoms in total. The number of unbranched alkanes of at least 4 members (excludes halogenated alkanes) is 6. The minimum absolute atomic E-state index is 0. The molecule has 0 atom stereocenters. The van der Waals surface area contributed by atoms with Gasteiger partial charge in [-0.15, -0.1) is 0 Å². The second-order valence-corrected chi connectivity index (χ2v) is 7.96. The molecule has 0 aliphatic heterocycles. The molecule has 0 rings (SSSR count). The zero-order valence-electron chi connectivity index (χ0n) is 17.2. The van der Waals surface area contributed by atoms with E-state index < -0.39 is 22.8 Å². The third-order valence-corrected chi connectivity index (χ3v) is 4.42. The van der Waals surface area contributed by atoms with Crippen LogP contribution in [0, 0.1) is 10.8 Å². The largest absolute Gasteiger partial charge is 2.00 e. The zero-order chi connectivity index (χ0) is 19.2. The van der Waals surface area contributed by atoms with Crippen molar-refractivity contribution in [3.63, 3.8) is 0 Å². The van der Waals surface area contributed by atoms with E-state index in [1.807, 2.05) is 0 Å². The molecule has 2 radical (unpaired) electrons. The van der Waals surface area contributed by atoms with Gasteiger partial charge < -0.3 is 19.8 Å². The van der Waals surface area contributed by atoms with Crippen molar-refractivity contribution in [1.82, 2.24) is 0 Å². The molecular formula is C20H38O4Pb. The molecule has 0 aromatic rings. The summed E-state index contributed by atoms with van der Waals surface area (Å²) in [7, 11) is 0. The molecule has 0 aliphatic carbocycles. The Kier molecular flexibility index (Phi) is 19.0. The fourth-order valence-electron chi connectivity index (χ4n) is 2.19. The van der Waals surface area contributed by atoms with Crippen LogP contribution in [-0.2, 0) is 9.59 Å². The van der Waals surface area contributed by atoms with Crippen molar-refractivity contribution >= 4 is 39.2 Å². The van der Waals surface area contributed by atoms with Gasteiger partial charge in [0.1, 0.15) is 0 Å². The number of carboxylic acids is 2.